The molecular formula is C20H22F5N5O2S. The third-order valence-electron chi connectivity index (χ3n) is 5.77. The summed E-state index contributed by atoms with van der Waals surface area (Å²) in [5.74, 6) is -5.04. The molecule has 2 saturated carbocycles. The van der Waals surface area contributed by atoms with E-state index in [9.17, 15) is 31.0 Å². The number of halogens is 5. The Morgan fingerprint density at radius 2 is 2.03 bits per heavy atom. The molecule has 180 valence electrons. The number of alkyl halides is 5. The average molecular weight is 491 g/mol. The van der Waals surface area contributed by atoms with Gasteiger partial charge < -0.3 is 5.32 Å². The lowest BCUT2D eigenvalue weighted by Gasteiger charge is -2.15. The number of aromatic nitrogens is 3. The summed E-state index contributed by atoms with van der Waals surface area (Å²) in [6, 6.07) is 2.44. The Labute approximate surface area is 186 Å². The van der Waals surface area contributed by atoms with Gasteiger partial charge in [-0.2, -0.15) is 18.3 Å². The fraction of sp³-hybridized carbons (Fsp3) is 0.550. The highest BCUT2D eigenvalue weighted by Crippen LogP contribution is 2.47. The predicted molar refractivity (Wildman–Crippen MR) is 109 cm³/mol. The van der Waals surface area contributed by atoms with Crippen molar-refractivity contribution in [3.63, 3.8) is 0 Å². The summed E-state index contributed by atoms with van der Waals surface area (Å²) >= 11 is 0. The van der Waals surface area contributed by atoms with Gasteiger partial charge in [0.05, 0.1) is 15.4 Å². The zero-order valence-electron chi connectivity index (χ0n) is 17.6. The van der Waals surface area contributed by atoms with E-state index in [4.69, 9.17) is 4.78 Å². The van der Waals surface area contributed by atoms with Crippen LogP contribution in [0, 0.1) is 10.7 Å². The van der Waals surface area contributed by atoms with Crippen LogP contribution >= 0.6 is 0 Å². The van der Waals surface area contributed by atoms with Crippen LogP contribution in [0.1, 0.15) is 59.8 Å². The fourth-order valence-electron chi connectivity index (χ4n) is 4.10. The van der Waals surface area contributed by atoms with Crippen molar-refractivity contribution < 1.29 is 31.0 Å². The van der Waals surface area contributed by atoms with Crippen molar-refractivity contribution in [2.75, 3.05) is 11.6 Å². The number of rotatable bonds is 6. The molecule has 1 amide bonds. The first-order valence-corrected chi connectivity index (χ1v) is 12.3. The molecule has 2 aromatic rings. The molecule has 0 spiro atoms. The molecule has 1 unspecified atom stereocenters. The van der Waals surface area contributed by atoms with Gasteiger partial charge in [-0.25, -0.2) is 22.8 Å². The first-order chi connectivity index (χ1) is 15.2. The van der Waals surface area contributed by atoms with Crippen LogP contribution in [0.5, 0.6) is 0 Å². The molecule has 0 aromatic carbocycles. The Kier molecular flexibility index (Phi) is 5.74. The van der Waals surface area contributed by atoms with E-state index in [2.05, 4.69) is 15.4 Å². The highest BCUT2D eigenvalue weighted by molar-refractivity contribution is 7.91. The third kappa shape index (κ3) is 5.17. The lowest BCUT2D eigenvalue weighted by atomic mass is 10.1. The smallest absolute Gasteiger partial charge is 0.320 e. The van der Waals surface area contributed by atoms with Gasteiger partial charge in [-0.1, -0.05) is 0 Å². The largest absolute Gasteiger partial charge is 0.420 e. The maximum absolute atomic E-state index is 14.0. The Balaban J connectivity index is 1.73. The fourth-order valence-corrected chi connectivity index (χ4v) is 4.71. The molecule has 2 aliphatic carbocycles. The molecule has 2 fully saturated rings. The zero-order valence-corrected chi connectivity index (χ0v) is 18.4. The molecule has 0 aliphatic heterocycles. The third-order valence-corrected chi connectivity index (χ3v) is 6.79. The monoisotopic (exact) mass is 491 g/mol. The van der Waals surface area contributed by atoms with Crippen molar-refractivity contribution in [3.05, 3.63) is 35.3 Å². The Morgan fingerprint density at radius 3 is 2.58 bits per heavy atom. The Hall–Kier alpha value is -2.57. The molecule has 2 heterocycles. The maximum atomic E-state index is 14.0. The highest BCUT2D eigenvalue weighted by atomic mass is 32.2. The van der Waals surface area contributed by atoms with Crippen molar-refractivity contribution in [3.8, 4) is 0 Å². The number of anilines is 1. The van der Waals surface area contributed by atoms with Gasteiger partial charge in [-0.3, -0.25) is 9.48 Å². The summed E-state index contributed by atoms with van der Waals surface area (Å²) in [6.45, 7) is -0.231. The molecule has 13 heteroatoms. The van der Waals surface area contributed by atoms with Crippen molar-refractivity contribution in [2.45, 2.75) is 61.7 Å². The van der Waals surface area contributed by atoms with Crippen molar-refractivity contribution in [2.24, 2.45) is 5.92 Å². The van der Waals surface area contributed by atoms with Crippen LogP contribution in [-0.2, 0) is 22.5 Å². The van der Waals surface area contributed by atoms with E-state index in [1.165, 1.54) is 12.3 Å². The van der Waals surface area contributed by atoms with Crippen LogP contribution in [0.3, 0.4) is 0 Å². The van der Waals surface area contributed by atoms with Gasteiger partial charge >= 0.3 is 6.18 Å². The van der Waals surface area contributed by atoms with E-state index in [0.717, 1.165) is 17.0 Å². The minimum atomic E-state index is -4.87. The van der Waals surface area contributed by atoms with Crippen molar-refractivity contribution >= 4 is 21.3 Å². The number of hydrogen-bond acceptors (Lipinski definition) is 5. The predicted octanol–water partition coefficient (Wildman–Crippen LogP) is 4.90. The van der Waals surface area contributed by atoms with Crippen LogP contribution in [-0.4, -0.2) is 37.1 Å². The second kappa shape index (κ2) is 8.03. The molecule has 0 bridgehead atoms. The number of nitrogens with one attached hydrogen (secondary N) is 2. The first kappa shape index (κ1) is 23.6. The van der Waals surface area contributed by atoms with Crippen LogP contribution in [0.15, 0.2) is 23.4 Å². The van der Waals surface area contributed by atoms with Gasteiger partial charge in [-0.15, -0.1) is 0 Å². The summed E-state index contributed by atoms with van der Waals surface area (Å²) in [7, 11) is -3.22. The molecule has 0 radical (unpaired) electrons. The maximum Gasteiger partial charge on any atom is 0.420 e. The van der Waals surface area contributed by atoms with Crippen molar-refractivity contribution in [1.29, 1.82) is 4.78 Å². The highest BCUT2D eigenvalue weighted by Gasteiger charge is 2.47. The van der Waals surface area contributed by atoms with Crippen LogP contribution < -0.4 is 5.32 Å². The average Bonchev–Trinajstić information content (AvgIpc) is 3.37. The number of carbonyl (C=O) groups is 1. The topological polar surface area (TPSA) is 101 Å². The Bertz CT molecular complexity index is 1190. The molecule has 2 atom stereocenters. The zero-order chi connectivity index (χ0) is 24.2. The minimum absolute atomic E-state index is 0.00747. The van der Waals surface area contributed by atoms with E-state index in [-0.39, 0.29) is 35.8 Å². The molecule has 4 rings (SSSR count). The van der Waals surface area contributed by atoms with Gasteiger partial charge in [0.2, 0.25) is 5.92 Å². The van der Waals surface area contributed by atoms with E-state index in [1.807, 2.05) is 0 Å². The van der Waals surface area contributed by atoms with E-state index >= 15 is 0 Å². The Morgan fingerprint density at radius 1 is 1.33 bits per heavy atom. The number of amides is 1. The van der Waals surface area contributed by atoms with Gasteiger partial charge in [0.15, 0.2) is 0 Å². The minimum Gasteiger partial charge on any atom is -0.320 e. The molecule has 33 heavy (non-hydrogen) atoms. The first-order valence-electron chi connectivity index (χ1n) is 10.3. The number of nitrogens with zero attached hydrogens (tertiary/aromatic N) is 3. The number of carbonyl (C=O) groups excluding carboxylic acids is 1. The van der Waals surface area contributed by atoms with Crippen LogP contribution in [0.2, 0.25) is 0 Å². The second-order valence-corrected chi connectivity index (χ2v) is 10.8. The normalized spacial score (nSPS) is 22.2. The summed E-state index contributed by atoms with van der Waals surface area (Å²) in [5, 5.41) is 6.27. The standard InChI is InChI=1S/C20H22F5N5O2S/c1-33(26,32)14-8-13(5-7-27-14)28-18(31)17-15(20(23,24)25)16(12-2-3-12)29-30(17)10-11-4-6-19(21,22)9-11/h5,7-8,11-12,26H,2-4,6,9-10H2,1H3,(H,27,28,31)/t11-,33?/m0/s1. The summed E-state index contributed by atoms with van der Waals surface area (Å²) in [5.41, 5.74) is -2.12. The second-order valence-electron chi connectivity index (χ2n) is 8.71. The lowest BCUT2D eigenvalue weighted by Crippen LogP contribution is -2.24. The molecular weight excluding hydrogens is 469 g/mol. The quantitative estimate of drug-likeness (QED) is 0.562. The van der Waals surface area contributed by atoms with Crippen molar-refractivity contribution in [1.82, 2.24) is 14.8 Å². The molecule has 2 aliphatic rings. The number of hydrogen-bond donors (Lipinski definition) is 2. The van der Waals surface area contributed by atoms with E-state index in [0.29, 0.717) is 12.8 Å². The van der Waals surface area contributed by atoms with Gasteiger partial charge in [0, 0.05) is 43.4 Å². The lowest BCUT2D eigenvalue weighted by molar-refractivity contribution is -0.138. The van der Waals surface area contributed by atoms with E-state index < -0.39 is 57.2 Å². The summed E-state index contributed by atoms with van der Waals surface area (Å²) < 4.78 is 89.9. The van der Waals surface area contributed by atoms with Crippen LogP contribution in [0.4, 0.5) is 27.6 Å². The SMILES string of the molecule is CS(=N)(=O)c1cc(NC(=O)c2c(C(F)(F)F)c(C3CC3)nn2C[C@H]2CCC(F)(F)C2)ccn1. The molecule has 7 nitrogen and oxygen atoms in total. The van der Waals surface area contributed by atoms with Gasteiger partial charge in [0.1, 0.15) is 16.3 Å². The summed E-state index contributed by atoms with van der Waals surface area (Å²) in [6.07, 6.45) is -2.27. The number of pyridine rings is 1. The molecule has 2 aromatic heterocycles. The van der Waals surface area contributed by atoms with E-state index in [1.54, 1.807) is 0 Å². The molecule has 0 saturated heterocycles. The van der Waals surface area contributed by atoms with Gasteiger partial charge in [-0.05, 0) is 37.3 Å². The summed E-state index contributed by atoms with van der Waals surface area (Å²) in [4.78, 5) is 16.9. The van der Waals surface area contributed by atoms with Gasteiger partial charge in [0.25, 0.3) is 5.91 Å². The molecule has 2 N–H and O–H groups in total. The van der Waals surface area contributed by atoms with Crippen LogP contribution in [0.25, 0.3) is 0 Å².